The van der Waals surface area contributed by atoms with Crippen molar-refractivity contribution < 1.29 is 25.9 Å². The van der Waals surface area contributed by atoms with Gasteiger partial charge in [0.05, 0.1) is 32.6 Å². The van der Waals surface area contributed by atoms with Crippen molar-refractivity contribution in [2.24, 2.45) is 0 Å². The van der Waals surface area contributed by atoms with E-state index >= 15 is 0 Å². The van der Waals surface area contributed by atoms with Crippen LogP contribution in [0.2, 0.25) is 0 Å². The number of H-pyrrole nitrogens is 2. The maximum atomic E-state index is 12.0. The van der Waals surface area contributed by atoms with Crippen LogP contribution in [0.4, 0.5) is 0 Å². The number of aromatic amines is 2. The Morgan fingerprint density at radius 1 is 0.375 bits per heavy atom. The van der Waals surface area contributed by atoms with Crippen LogP contribution in [0.5, 0.6) is 0 Å². The van der Waals surface area contributed by atoms with Crippen LogP contribution in [0.3, 0.4) is 0 Å². The summed E-state index contributed by atoms with van der Waals surface area (Å²) in [6.45, 7) is 0. The van der Waals surface area contributed by atoms with Crippen LogP contribution in [0.1, 0.15) is 22.8 Å². The standard InChI is InChI=1S/C42H28N6O6S2/c49-55(50,51)29-5-1-25(2-6-29)39-31-9-10-32(45-31)40(26-3-7-30(8-4-26)56(52,53)54)34-12-14-36(47-34)42(28-19-23-44-24-20-28)38-16-15-37(48-38)41(27-17-21-43-22-18-27)35-13-11-33(39)46-35/h1-24,45-46H,(H,49,50,51)(H,52,53,54). The lowest BCUT2D eigenvalue weighted by atomic mass is 10.0. The number of hydrogen-bond donors (Lipinski definition) is 4. The van der Waals surface area contributed by atoms with Gasteiger partial charge in [-0.2, -0.15) is 16.8 Å². The lowest BCUT2D eigenvalue weighted by Gasteiger charge is -2.07. The summed E-state index contributed by atoms with van der Waals surface area (Å²) in [7, 11) is -8.89. The molecule has 56 heavy (non-hydrogen) atoms. The van der Waals surface area contributed by atoms with Crippen LogP contribution < -0.4 is 0 Å². The number of benzene rings is 2. The number of hydrogen-bond acceptors (Lipinski definition) is 8. The van der Waals surface area contributed by atoms with Crippen LogP contribution in [0.25, 0.3) is 90.9 Å². The zero-order valence-corrected chi connectivity index (χ0v) is 30.6. The molecule has 7 aromatic rings. The van der Waals surface area contributed by atoms with E-state index in [0.717, 1.165) is 27.8 Å². The Labute approximate surface area is 320 Å². The third-order valence-electron chi connectivity index (χ3n) is 9.57. The van der Waals surface area contributed by atoms with Gasteiger partial charge in [-0.3, -0.25) is 19.1 Å². The van der Waals surface area contributed by atoms with Gasteiger partial charge in [-0.05, 0) is 119 Å². The highest BCUT2D eigenvalue weighted by atomic mass is 32.2. The average molecular weight is 777 g/mol. The predicted molar refractivity (Wildman–Crippen MR) is 216 cm³/mol. The lowest BCUT2D eigenvalue weighted by molar-refractivity contribution is 0.481. The monoisotopic (exact) mass is 776 g/mol. The summed E-state index contributed by atoms with van der Waals surface area (Å²) in [6.07, 6.45) is 14.6. The first-order valence-corrected chi connectivity index (χ1v) is 20.0. The molecule has 12 nitrogen and oxygen atoms in total. The van der Waals surface area contributed by atoms with Crippen LogP contribution in [0, 0.1) is 0 Å². The molecule has 0 fully saturated rings. The fourth-order valence-electron chi connectivity index (χ4n) is 7.04. The third-order valence-corrected chi connectivity index (χ3v) is 11.3. The predicted octanol–water partition coefficient (Wildman–Crippen LogP) is 8.61. The van der Waals surface area contributed by atoms with Gasteiger partial charge in [0.15, 0.2) is 0 Å². The number of fused-ring (bicyclic) bond motifs is 8. The molecule has 0 amide bonds. The van der Waals surface area contributed by atoms with Crippen LogP contribution in [-0.2, 0) is 20.2 Å². The summed E-state index contributed by atoms with van der Waals surface area (Å²) >= 11 is 0. The molecule has 2 aliphatic rings. The second-order valence-corrected chi connectivity index (χ2v) is 15.8. The van der Waals surface area contributed by atoms with E-state index in [9.17, 15) is 25.9 Å². The Bertz CT molecular complexity index is 3160. The summed E-state index contributed by atoms with van der Waals surface area (Å²) in [5, 5.41) is 0. The molecular weight excluding hydrogens is 749 g/mol. The minimum absolute atomic E-state index is 0.245. The van der Waals surface area contributed by atoms with Crippen LogP contribution >= 0.6 is 0 Å². The van der Waals surface area contributed by atoms with Crippen LogP contribution in [-0.4, -0.2) is 55.8 Å². The van der Waals surface area contributed by atoms with Gasteiger partial charge in [0.1, 0.15) is 0 Å². The van der Waals surface area contributed by atoms with E-state index in [-0.39, 0.29) is 9.79 Å². The van der Waals surface area contributed by atoms with E-state index in [1.54, 1.807) is 49.1 Å². The SMILES string of the molecule is O=S(=O)(O)c1ccc(-c2c3nc(c(-c4ccncc4)c4nc(c(-c5ccncc5)c5ccc([nH]5)c(-c5ccc(S(=O)(=O)O)cc5)c5ccc2[nH]5)C=C4)C=C3)cc1. The first-order chi connectivity index (χ1) is 27.0. The van der Waals surface area contributed by atoms with Crippen molar-refractivity contribution >= 4 is 66.6 Å². The summed E-state index contributed by atoms with van der Waals surface area (Å²) in [6, 6.07) is 27.1. The first kappa shape index (κ1) is 34.9. The van der Waals surface area contributed by atoms with E-state index in [2.05, 4.69) is 19.9 Å². The number of rotatable bonds is 6. The smallest absolute Gasteiger partial charge is 0.294 e. The third kappa shape index (κ3) is 6.41. The normalized spacial score (nSPS) is 12.6. The van der Waals surface area contributed by atoms with Crippen molar-refractivity contribution in [3.05, 3.63) is 145 Å². The average Bonchev–Trinajstić information content (AvgIpc) is 4.03. The molecule has 0 saturated heterocycles. The van der Waals surface area contributed by atoms with E-state index in [1.165, 1.54) is 24.3 Å². The lowest BCUT2D eigenvalue weighted by Crippen LogP contribution is -1.97. The molecule has 9 rings (SSSR count). The first-order valence-electron chi connectivity index (χ1n) is 17.1. The minimum atomic E-state index is -4.45. The van der Waals surface area contributed by atoms with E-state index in [0.29, 0.717) is 61.6 Å². The Morgan fingerprint density at radius 3 is 1.05 bits per heavy atom. The molecule has 0 aliphatic carbocycles. The molecule has 0 atom stereocenters. The van der Waals surface area contributed by atoms with Gasteiger partial charge in [0.2, 0.25) is 0 Å². The fourth-order valence-corrected chi connectivity index (χ4v) is 8.00. The molecule has 14 heteroatoms. The van der Waals surface area contributed by atoms with Crippen molar-refractivity contribution in [3.8, 4) is 44.5 Å². The molecule has 7 heterocycles. The Kier molecular flexibility index (Phi) is 8.40. The van der Waals surface area contributed by atoms with Gasteiger partial charge in [-0.25, -0.2) is 9.97 Å². The van der Waals surface area contributed by atoms with E-state index in [4.69, 9.17) is 9.97 Å². The minimum Gasteiger partial charge on any atom is -0.354 e. The highest BCUT2D eigenvalue weighted by molar-refractivity contribution is 7.86. The van der Waals surface area contributed by atoms with Gasteiger partial charge in [0.25, 0.3) is 20.2 Å². The molecule has 0 unspecified atom stereocenters. The van der Waals surface area contributed by atoms with Gasteiger partial charge in [-0.1, -0.05) is 24.3 Å². The topological polar surface area (TPSA) is 192 Å². The van der Waals surface area contributed by atoms with Gasteiger partial charge < -0.3 is 9.97 Å². The largest absolute Gasteiger partial charge is 0.354 e. The number of nitrogens with one attached hydrogen (secondary N) is 2. The van der Waals surface area contributed by atoms with Crippen molar-refractivity contribution in [2.75, 3.05) is 0 Å². The fraction of sp³-hybridized carbons (Fsp3) is 0. The van der Waals surface area contributed by atoms with Crippen LogP contribution in [0.15, 0.2) is 132 Å². The highest BCUT2D eigenvalue weighted by Crippen LogP contribution is 2.38. The second-order valence-electron chi connectivity index (χ2n) is 13.0. The molecule has 274 valence electrons. The summed E-state index contributed by atoms with van der Waals surface area (Å²) in [5.41, 5.74) is 11.2. The van der Waals surface area contributed by atoms with Crippen molar-refractivity contribution in [1.29, 1.82) is 0 Å². The van der Waals surface area contributed by atoms with E-state index < -0.39 is 20.2 Å². The molecule has 0 radical (unpaired) electrons. The molecule has 2 aliphatic heterocycles. The van der Waals surface area contributed by atoms with Gasteiger partial charge in [0, 0.05) is 69.1 Å². The summed E-state index contributed by atoms with van der Waals surface area (Å²) in [5.74, 6) is 0. The number of pyridine rings is 2. The summed E-state index contributed by atoms with van der Waals surface area (Å²) < 4.78 is 67.3. The molecule has 4 N–H and O–H groups in total. The molecular formula is C42H28N6O6S2. The Morgan fingerprint density at radius 2 is 0.679 bits per heavy atom. The molecule has 2 aromatic carbocycles. The maximum Gasteiger partial charge on any atom is 0.294 e. The molecule has 0 saturated carbocycles. The molecule has 0 spiro atoms. The Balaban J connectivity index is 1.44. The highest BCUT2D eigenvalue weighted by Gasteiger charge is 2.20. The van der Waals surface area contributed by atoms with Gasteiger partial charge in [-0.15, -0.1) is 0 Å². The molecule has 8 bridgehead atoms. The molecule has 5 aromatic heterocycles. The summed E-state index contributed by atoms with van der Waals surface area (Å²) in [4.78, 5) is 25.5. The number of nitrogens with zero attached hydrogens (tertiary/aromatic N) is 4. The zero-order valence-electron chi connectivity index (χ0n) is 29.0. The van der Waals surface area contributed by atoms with Crippen molar-refractivity contribution in [1.82, 2.24) is 29.9 Å². The van der Waals surface area contributed by atoms with Crippen molar-refractivity contribution in [3.63, 3.8) is 0 Å². The quantitative estimate of drug-likeness (QED) is 0.119. The zero-order chi connectivity index (χ0) is 38.6. The second kappa shape index (κ2) is 13.5. The van der Waals surface area contributed by atoms with Gasteiger partial charge >= 0.3 is 0 Å². The Hall–Kier alpha value is -6.84. The van der Waals surface area contributed by atoms with E-state index in [1.807, 2.05) is 72.8 Å². The van der Waals surface area contributed by atoms with Crippen molar-refractivity contribution in [2.45, 2.75) is 9.79 Å². The number of aromatic nitrogens is 6. The maximum absolute atomic E-state index is 12.0.